The number of anilines is 2. The molecule has 0 aliphatic heterocycles. The van der Waals surface area contributed by atoms with Gasteiger partial charge in [-0.15, -0.1) is 0 Å². The Hall–Kier alpha value is -1.87. The Kier molecular flexibility index (Phi) is 4.74. The van der Waals surface area contributed by atoms with Crippen LogP contribution in [0.15, 0.2) is 10.2 Å². The number of aromatic nitrogens is 2. The summed E-state index contributed by atoms with van der Waals surface area (Å²) >= 11 is 2.28. The third-order valence-corrected chi connectivity index (χ3v) is 4.14. The van der Waals surface area contributed by atoms with Gasteiger partial charge in [0.15, 0.2) is 5.13 Å². The lowest BCUT2D eigenvalue weighted by molar-refractivity contribution is 0.0955. The number of amides is 1. The van der Waals surface area contributed by atoms with Gasteiger partial charge >= 0.3 is 4.87 Å². The third-order valence-electron chi connectivity index (χ3n) is 2.40. The van der Waals surface area contributed by atoms with Crippen molar-refractivity contribution >= 4 is 39.5 Å². The zero-order chi connectivity index (χ0) is 14.5. The maximum Gasteiger partial charge on any atom is 0.304 e. The predicted octanol–water partition coefficient (Wildman–Crippen LogP) is 1.23. The Morgan fingerprint density at radius 2 is 2.35 bits per heavy atom. The molecule has 0 radical (unpaired) electrons. The standard InChI is InChI=1S/C11H15N5O2S2/c1-2-3-13-10-16-8(12)7(20-10)9(17)14-4-6-5-19-11(18)15-6/h5H,2-4,12H2,1H3,(H,13,16)(H,14,17)(H,15,18). The van der Waals surface area contributed by atoms with E-state index in [1.54, 1.807) is 5.38 Å². The minimum absolute atomic E-state index is 0.141. The lowest BCUT2D eigenvalue weighted by Gasteiger charge is -2.01. The number of nitrogens with zero attached hydrogens (tertiary/aromatic N) is 1. The number of hydrogen-bond acceptors (Lipinski definition) is 7. The quantitative estimate of drug-likeness (QED) is 0.640. The fourth-order valence-corrected chi connectivity index (χ4v) is 2.87. The molecule has 0 fully saturated rings. The summed E-state index contributed by atoms with van der Waals surface area (Å²) in [4.78, 5) is 29.9. The topological polar surface area (TPSA) is 113 Å². The second-order valence-corrected chi connectivity index (χ2v) is 5.86. The van der Waals surface area contributed by atoms with E-state index in [1.807, 2.05) is 6.92 Å². The summed E-state index contributed by atoms with van der Waals surface area (Å²) in [5, 5.41) is 8.10. The van der Waals surface area contributed by atoms with Crippen molar-refractivity contribution in [1.29, 1.82) is 0 Å². The highest BCUT2D eigenvalue weighted by Gasteiger charge is 2.15. The minimum atomic E-state index is -0.295. The van der Waals surface area contributed by atoms with Gasteiger partial charge in [0.2, 0.25) is 0 Å². The van der Waals surface area contributed by atoms with Crippen molar-refractivity contribution in [2.24, 2.45) is 0 Å². The van der Waals surface area contributed by atoms with Gasteiger partial charge in [-0.1, -0.05) is 29.6 Å². The minimum Gasteiger partial charge on any atom is -0.382 e. The fourth-order valence-electron chi connectivity index (χ4n) is 1.46. The number of hydrogen-bond donors (Lipinski definition) is 4. The lowest BCUT2D eigenvalue weighted by Crippen LogP contribution is -2.23. The number of nitrogens with one attached hydrogen (secondary N) is 3. The summed E-state index contributed by atoms with van der Waals surface area (Å²) in [6.45, 7) is 3.08. The van der Waals surface area contributed by atoms with Gasteiger partial charge in [0.1, 0.15) is 10.7 Å². The van der Waals surface area contributed by atoms with Crippen molar-refractivity contribution in [3.63, 3.8) is 0 Å². The van der Waals surface area contributed by atoms with Crippen LogP contribution in [-0.2, 0) is 6.54 Å². The van der Waals surface area contributed by atoms with Gasteiger partial charge in [0, 0.05) is 17.6 Å². The molecule has 0 aliphatic carbocycles. The number of aromatic amines is 1. The lowest BCUT2D eigenvalue weighted by atomic mass is 10.4. The summed E-state index contributed by atoms with van der Waals surface area (Å²) in [7, 11) is 0. The zero-order valence-corrected chi connectivity index (χ0v) is 12.5. The Labute approximate surface area is 123 Å². The molecule has 2 rings (SSSR count). The van der Waals surface area contributed by atoms with E-state index in [1.165, 1.54) is 11.3 Å². The maximum absolute atomic E-state index is 12.0. The first-order chi connectivity index (χ1) is 9.60. The van der Waals surface area contributed by atoms with E-state index in [2.05, 4.69) is 20.6 Å². The van der Waals surface area contributed by atoms with Crippen LogP contribution >= 0.6 is 22.7 Å². The van der Waals surface area contributed by atoms with Crippen molar-refractivity contribution in [2.45, 2.75) is 19.9 Å². The Bertz CT molecular complexity index is 645. The van der Waals surface area contributed by atoms with E-state index in [-0.39, 0.29) is 23.1 Å². The average Bonchev–Trinajstić information content (AvgIpc) is 3.00. The first-order valence-corrected chi connectivity index (χ1v) is 7.74. The number of nitrogens with two attached hydrogens (primary N) is 1. The van der Waals surface area contributed by atoms with Crippen LogP contribution in [0.25, 0.3) is 0 Å². The molecule has 2 aromatic heterocycles. The van der Waals surface area contributed by atoms with Crippen LogP contribution in [0.5, 0.6) is 0 Å². The van der Waals surface area contributed by atoms with Gasteiger partial charge in [-0.2, -0.15) is 0 Å². The van der Waals surface area contributed by atoms with Crippen LogP contribution in [0.3, 0.4) is 0 Å². The molecule has 9 heteroatoms. The first kappa shape index (κ1) is 14.5. The molecule has 0 atom stereocenters. The highest BCUT2D eigenvalue weighted by atomic mass is 32.1. The van der Waals surface area contributed by atoms with Crippen LogP contribution in [0.2, 0.25) is 0 Å². The summed E-state index contributed by atoms with van der Waals surface area (Å²) in [5.41, 5.74) is 6.40. The van der Waals surface area contributed by atoms with Gasteiger partial charge in [-0.05, 0) is 6.42 Å². The molecule has 0 aliphatic rings. The van der Waals surface area contributed by atoms with E-state index in [4.69, 9.17) is 5.73 Å². The number of H-pyrrole nitrogens is 1. The molecule has 0 saturated heterocycles. The van der Waals surface area contributed by atoms with Crippen LogP contribution in [0.1, 0.15) is 28.7 Å². The van der Waals surface area contributed by atoms with Crippen LogP contribution in [0, 0.1) is 0 Å². The molecule has 5 N–H and O–H groups in total. The molecular formula is C11H15N5O2S2. The van der Waals surface area contributed by atoms with Gasteiger partial charge < -0.3 is 21.4 Å². The van der Waals surface area contributed by atoms with Crippen LogP contribution in [-0.4, -0.2) is 22.4 Å². The molecule has 0 saturated carbocycles. The first-order valence-electron chi connectivity index (χ1n) is 6.05. The third kappa shape index (κ3) is 3.58. The molecule has 108 valence electrons. The second kappa shape index (κ2) is 6.53. The van der Waals surface area contributed by atoms with Crippen molar-refractivity contribution in [2.75, 3.05) is 17.6 Å². The van der Waals surface area contributed by atoms with Crippen molar-refractivity contribution in [3.05, 3.63) is 25.6 Å². The van der Waals surface area contributed by atoms with Crippen LogP contribution < -0.4 is 21.2 Å². The summed E-state index contributed by atoms with van der Waals surface area (Å²) in [6.07, 6.45) is 0.965. The highest BCUT2D eigenvalue weighted by Crippen LogP contribution is 2.24. The fraction of sp³-hybridized carbons (Fsp3) is 0.364. The maximum atomic E-state index is 12.0. The largest absolute Gasteiger partial charge is 0.382 e. The van der Waals surface area contributed by atoms with E-state index in [0.29, 0.717) is 15.7 Å². The number of rotatable bonds is 6. The number of nitrogen functional groups attached to an aromatic ring is 1. The highest BCUT2D eigenvalue weighted by molar-refractivity contribution is 7.18. The number of carbonyl (C=O) groups is 1. The molecule has 7 nitrogen and oxygen atoms in total. The van der Waals surface area contributed by atoms with E-state index >= 15 is 0 Å². The SMILES string of the molecule is CCCNc1nc(N)c(C(=O)NCc2csc(=O)[nH]2)s1. The molecular weight excluding hydrogens is 298 g/mol. The zero-order valence-electron chi connectivity index (χ0n) is 10.9. The van der Waals surface area contributed by atoms with Crippen molar-refractivity contribution in [1.82, 2.24) is 15.3 Å². The number of carbonyl (C=O) groups excluding carboxylic acids is 1. The molecule has 2 aromatic rings. The van der Waals surface area contributed by atoms with Crippen LogP contribution in [0.4, 0.5) is 10.9 Å². The van der Waals surface area contributed by atoms with E-state index in [0.717, 1.165) is 24.3 Å². The average molecular weight is 313 g/mol. The number of thiazole rings is 2. The predicted molar refractivity (Wildman–Crippen MR) is 81.4 cm³/mol. The monoisotopic (exact) mass is 313 g/mol. The van der Waals surface area contributed by atoms with Gasteiger partial charge in [-0.25, -0.2) is 4.98 Å². The van der Waals surface area contributed by atoms with Crippen molar-refractivity contribution in [3.8, 4) is 0 Å². The normalized spacial score (nSPS) is 10.4. The second-order valence-electron chi connectivity index (χ2n) is 4.02. The van der Waals surface area contributed by atoms with E-state index < -0.39 is 0 Å². The molecule has 0 unspecified atom stereocenters. The Morgan fingerprint density at radius 1 is 1.55 bits per heavy atom. The Balaban J connectivity index is 1.98. The van der Waals surface area contributed by atoms with Gasteiger partial charge in [-0.3, -0.25) is 9.59 Å². The van der Waals surface area contributed by atoms with Crippen molar-refractivity contribution < 1.29 is 4.79 Å². The van der Waals surface area contributed by atoms with Gasteiger partial charge in [0.05, 0.1) is 6.54 Å². The molecule has 2 heterocycles. The Morgan fingerprint density at radius 3 is 3.00 bits per heavy atom. The van der Waals surface area contributed by atoms with E-state index in [9.17, 15) is 9.59 Å². The molecule has 0 bridgehead atoms. The molecule has 1 amide bonds. The summed E-state index contributed by atoms with van der Waals surface area (Å²) in [5.74, 6) is -0.0819. The molecule has 0 spiro atoms. The molecule has 20 heavy (non-hydrogen) atoms. The summed E-state index contributed by atoms with van der Waals surface area (Å²) < 4.78 is 0. The summed E-state index contributed by atoms with van der Waals surface area (Å²) in [6, 6.07) is 0. The smallest absolute Gasteiger partial charge is 0.304 e. The molecule has 0 aromatic carbocycles. The van der Waals surface area contributed by atoms with Gasteiger partial charge in [0.25, 0.3) is 5.91 Å².